The van der Waals surface area contributed by atoms with Crippen LogP contribution >= 0.6 is 0 Å². The van der Waals surface area contributed by atoms with Crippen LogP contribution < -0.4 is 5.32 Å². The number of nitrogens with one attached hydrogen (secondary N) is 1. The molecule has 3 rings (SSSR count). The molecule has 1 aliphatic heterocycles. The second-order valence-electron chi connectivity index (χ2n) is 5.67. The van der Waals surface area contributed by atoms with E-state index in [2.05, 4.69) is 5.32 Å². The van der Waals surface area contributed by atoms with Crippen molar-refractivity contribution in [2.24, 2.45) is 5.92 Å². The highest BCUT2D eigenvalue weighted by Gasteiger charge is 2.42. The molecule has 1 heterocycles. The maximum Gasteiger partial charge on any atom is 0.225 e. The van der Waals surface area contributed by atoms with E-state index in [1.807, 2.05) is 4.90 Å². The molecule has 94 valence electrons. The molecule has 1 saturated heterocycles. The largest absolute Gasteiger partial charge is 0.353 e. The number of rotatable bonds is 3. The van der Waals surface area contributed by atoms with Gasteiger partial charge in [0.25, 0.3) is 0 Å². The van der Waals surface area contributed by atoms with Crippen molar-refractivity contribution in [2.75, 3.05) is 6.54 Å². The maximum atomic E-state index is 12.0. The van der Waals surface area contributed by atoms with Crippen LogP contribution in [0.15, 0.2) is 0 Å². The van der Waals surface area contributed by atoms with Crippen LogP contribution in [-0.2, 0) is 9.59 Å². The summed E-state index contributed by atoms with van der Waals surface area (Å²) in [6.45, 7) is 0.655. The Balaban J connectivity index is 1.53. The molecule has 3 fully saturated rings. The second-order valence-corrected chi connectivity index (χ2v) is 5.67. The van der Waals surface area contributed by atoms with Crippen molar-refractivity contribution in [3.63, 3.8) is 0 Å². The Hall–Kier alpha value is -1.06. The summed E-state index contributed by atoms with van der Waals surface area (Å²) < 4.78 is 0. The van der Waals surface area contributed by atoms with E-state index in [-0.39, 0.29) is 17.7 Å². The van der Waals surface area contributed by atoms with E-state index in [1.165, 1.54) is 12.8 Å². The molecule has 0 aromatic heterocycles. The minimum Gasteiger partial charge on any atom is -0.353 e. The average Bonchev–Trinajstić information content (AvgIpc) is 2.87. The Labute approximate surface area is 102 Å². The first-order valence-electron chi connectivity index (χ1n) is 6.84. The lowest BCUT2D eigenvalue weighted by Gasteiger charge is -2.17. The average molecular weight is 236 g/mol. The number of carbonyl (C=O) groups excluding carboxylic acids is 2. The number of nitrogens with zero attached hydrogens (tertiary/aromatic N) is 1. The van der Waals surface area contributed by atoms with Gasteiger partial charge in [0.05, 0.1) is 5.92 Å². The van der Waals surface area contributed by atoms with Crippen molar-refractivity contribution in [2.45, 2.75) is 57.0 Å². The van der Waals surface area contributed by atoms with Crippen LogP contribution in [-0.4, -0.2) is 35.3 Å². The minimum atomic E-state index is -0.0938. The third kappa shape index (κ3) is 2.31. The zero-order valence-corrected chi connectivity index (χ0v) is 10.2. The predicted octanol–water partition coefficient (Wildman–Crippen LogP) is 1.06. The smallest absolute Gasteiger partial charge is 0.225 e. The summed E-state index contributed by atoms with van der Waals surface area (Å²) in [6, 6.07) is 0.819. The summed E-state index contributed by atoms with van der Waals surface area (Å²) in [7, 11) is 0. The Morgan fingerprint density at radius 1 is 1.18 bits per heavy atom. The van der Waals surface area contributed by atoms with Gasteiger partial charge in [-0.2, -0.15) is 0 Å². The van der Waals surface area contributed by atoms with Crippen LogP contribution in [0.25, 0.3) is 0 Å². The topological polar surface area (TPSA) is 49.4 Å². The molecule has 17 heavy (non-hydrogen) atoms. The highest BCUT2D eigenvalue weighted by molar-refractivity contribution is 5.89. The number of hydrogen-bond donors (Lipinski definition) is 1. The van der Waals surface area contributed by atoms with E-state index in [0.29, 0.717) is 25.0 Å². The van der Waals surface area contributed by atoms with Gasteiger partial charge in [-0.25, -0.2) is 0 Å². The van der Waals surface area contributed by atoms with Crippen LogP contribution in [0, 0.1) is 5.92 Å². The summed E-state index contributed by atoms with van der Waals surface area (Å²) in [5, 5.41) is 3.10. The molecule has 0 spiro atoms. The summed E-state index contributed by atoms with van der Waals surface area (Å²) in [4.78, 5) is 25.7. The van der Waals surface area contributed by atoms with Gasteiger partial charge in [-0.3, -0.25) is 9.59 Å². The Bertz CT molecular complexity index is 332. The van der Waals surface area contributed by atoms with Crippen molar-refractivity contribution in [1.82, 2.24) is 10.2 Å². The van der Waals surface area contributed by atoms with Gasteiger partial charge in [0.1, 0.15) is 0 Å². The monoisotopic (exact) mass is 236 g/mol. The first kappa shape index (κ1) is 11.1. The van der Waals surface area contributed by atoms with Gasteiger partial charge in [-0.1, -0.05) is 12.8 Å². The highest BCUT2D eigenvalue weighted by atomic mass is 16.2. The van der Waals surface area contributed by atoms with E-state index >= 15 is 0 Å². The molecule has 2 aliphatic carbocycles. The molecule has 4 nitrogen and oxygen atoms in total. The molecule has 0 bridgehead atoms. The molecule has 3 aliphatic rings. The fourth-order valence-electron chi connectivity index (χ4n) is 3.04. The van der Waals surface area contributed by atoms with E-state index in [9.17, 15) is 9.59 Å². The number of amides is 2. The van der Waals surface area contributed by atoms with Crippen molar-refractivity contribution in [3.05, 3.63) is 0 Å². The van der Waals surface area contributed by atoms with Crippen LogP contribution in [0.4, 0.5) is 0 Å². The van der Waals surface area contributed by atoms with Gasteiger partial charge in [0.2, 0.25) is 11.8 Å². The minimum absolute atomic E-state index is 0.0938. The van der Waals surface area contributed by atoms with E-state index < -0.39 is 0 Å². The zero-order valence-electron chi connectivity index (χ0n) is 10.2. The second kappa shape index (κ2) is 4.31. The highest BCUT2D eigenvalue weighted by Crippen LogP contribution is 2.32. The van der Waals surface area contributed by atoms with E-state index in [4.69, 9.17) is 0 Å². The van der Waals surface area contributed by atoms with E-state index in [0.717, 1.165) is 25.7 Å². The zero-order chi connectivity index (χ0) is 11.8. The van der Waals surface area contributed by atoms with Crippen molar-refractivity contribution in [3.8, 4) is 0 Å². The van der Waals surface area contributed by atoms with Crippen LogP contribution in [0.1, 0.15) is 44.9 Å². The third-order valence-electron chi connectivity index (χ3n) is 4.22. The molecule has 0 aromatic rings. The van der Waals surface area contributed by atoms with Crippen molar-refractivity contribution < 1.29 is 9.59 Å². The molecule has 2 saturated carbocycles. The van der Waals surface area contributed by atoms with Gasteiger partial charge in [-0.15, -0.1) is 0 Å². The van der Waals surface area contributed by atoms with Gasteiger partial charge in [0.15, 0.2) is 0 Å². The number of likely N-dealkylation sites (tertiary alicyclic amines) is 1. The molecule has 1 unspecified atom stereocenters. The summed E-state index contributed by atoms with van der Waals surface area (Å²) >= 11 is 0. The SMILES string of the molecule is O=C(NC1CCCC1)C1CC(=O)N(C2CC2)C1. The summed E-state index contributed by atoms with van der Waals surface area (Å²) in [5.41, 5.74) is 0. The third-order valence-corrected chi connectivity index (χ3v) is 4.22. The van der Waals surface area contributed by atoms with Gasteiger partial charge < -0.3 is 10.2 Å². The maximum absolute atomic E-state index is 12.0. The lowest BCUT2D eigenvalue weighted by molar-refractivity contribution is -0.129. The molecule has 1 N–H and O–H groups in total. The Morgan fingerprint density at radius 2 is 1.88 bits per heavy atom. The standard InChI is InChI=1S/C13H20N2O2/c16-12-7-9(8-15(12)11-5-6-11)13(17)14-10-3-1-2-4-10/h9-11H,1-8H2,(H,14,17). The van der Waals surface area contributed by atoms with Gasteiger partial charge in [-0.05, 0) is 25.7 Å². The van der Waals surface area contributed by atoms with Crippen molar-refractivity contribution in [1.29, 1.82) is 0 Å². The lowest BCUT2D eigenvalue weighted by atomic mass is 10.1. The lowest BCUT2D eigenvalue weighted by Crippen LogP contribution is -2.38. The molecule has 4 heteroatoms. The normalized spacial score (nSPS) is 30.0. The summed E-state index contributed by atoms with van der Waals surface area (Å²) in [6.07, 6.45) is 7.35. The molecular weight excluding hydrogens is 216 g/mol. The van der Waals surface area contributed by atoms with Gasteiger partial charge >= 0.3 is 0 Å². The fourth-order valence-corrected chi connectivity index (χ4v) is 3.04. The molecule has 0 radical (unpaired) electrons. The molecule has 1 atom stereocenters. The van der Waals surface area contributed by atoms with E-state index in [1.54, 1.807) is 0 Å². The molecule has 2 amide bonds. The first-order chi connectivity index (χ1) is 8.24. The molecule has 0 aromatic carbocycles. The van der Waals surface area contributed by atoms with Gasteiger partial charge in [0, 0.05) is 25.0 Å². The Morgan fingerprint density at radius 3 is 2.53 bits per heavy atom. The Kier molecular flexibility index (Phi) is 2.81. The quantitative estimate of drug-likeness (QED) is 0.796. The molecular formula is C13H20N2O2. The predicted molar refractivity (Wildman–Crippen MR) is 63.2 cm³/mol. The van der Waals surface area contributed by atoms with Crippen molar-refractivity contribution >= 4 is 11.8 Å². The first-order valence-corrected chi connectivity index (χ1v) is 6.84. The number of hydrogen-bond acceptors (Lipinski definition) is 2. The van der Waals surface area contributed by atoms with Crippen LogP contribution in [0.2, 0.25) is 0 Å². The van der Waals surface area contributed by atoms with Crippen LogP contribution in [0.3, 0.4) is 0 Å². The summed E-state index contributed by atoms with van der Waals surface area (Å²) in [5.74, 6) is 0.191. The fraction of sp³-hybridized carbons (Fsp3) is 0.846. The number of carbonyl (C=O) groups is 2. The van der Waals surface area contributed by atoms with Crippen LogP contribution in [0.5, 0.6) is 0 Å².